The molecule has 0 aliphatic carbocycles. The molecule has 0 radical (unpaired) electrons. The maximum absolute atomic E-state index is 11.6. The van der Waals surface area contributed by atoms with Crippen molar-refractivity contribution in [2.75, 3.05) is 6.54 Å². The van der Waals surface area contributed by atoms with Crippen LogP contribution in [0.25, 0.3) is 0 Å². The van der Waals surface area contributed by atoms with Crippen molar-refractivity contribution in [2.45, 2.75) is 53.1 Å². The second kappa shape index (κ2) is 7.34. The van der Waals surface area contributed by atoms with Crippen LogP contribution in [0.5, 0.6) is 0 Å². The molecule has 1 unspecified atom stereocenters. The lowest BCUT2D eigenvalue weighted by molar-refractivity contribution is -0.121. The summed E-state index contributed by atoms with van der Waals surface area (Å²) in [5.74, 6) is 0.128. The lowest BCUT2D eigenvalue weighted by atomic mass is 10.2. The number of nitrogens with zero attached hydrogens (tertiary/aromatic N) is 1. The van der Waals surface area contributed by atoms with Gasteiger partial charge in [0.15, 0.2) is 0 Å². The van der Waals surface area contributed by atoms with Crippen LogP contribution in [0.2, 0.25) is 0 Å². The Kier molecular flexibility index (Phi) is 6.09. The van der Waals surface area contributed by atoms with Crippen molar-refractivity contribution in [1.82, 2.24) is 15.2 Å². The number of aromatic nitrogens is 1. The smallest absolute Gasteiger partial charge is 0.221 e. The Bertz CT molecular complexity index is 423. The second-order valence-electron chi connectivity index (χ2n) is 5.26. The number of hydrogen-bond acceptors (Lipinski definition) is 2. The fraction of sp³-hybridized carbons (Fsp3) is 0.667. The van der Waals surface area contributed by atoms with Crippen molar-refractivity contribution in [3.05, 3.63) is 23.0 Å². The Balaban J connectivity index is 2.27. The summed E-state index contributed by atoms with van der Waals surface area (Å²) < 4.78 is 2.19. The van der Waals surface area contributed by atoms with Crippen LogP contribution >= 0.6 is 0 Å². The maximum atomic E-state index is 11.6. The van der Waals surface area contributed by atoms with Crippen LogP contribution in [0.3, 0.4) is 0 Å². The highest BCUT2D eigenvalue weighted by atomic mass is 16.1. The summed E-state index contributed by atoms with van der Waals surface area (Å²) in [5.41, 5.74) is 3.86. The quantitative estimate of drug-likeness (QED) is 0.741. The molecule has 0 aromatic carbocycles. The van der Waals surface area contributed by atoms with Gasteiger partial charge < -0.3 is 15.2 Å². The monoisotopic (exact) mass is 265 g/mol. The molecule has 1 atom stereocenters. The minimum atomic E-state index is 0.128. The van der Waals surface area contributed by atoms with E-state index in [2.05, 4.69) is 49.1 Å². The van der Waals surface area contributed by atoms with Gasteiger partial charge in [0.05, 0.1) is 0 Å². The topological polar surface area (TPSA) is 46.1 Å². The molecule has 4 heteroatoms. The van der Waals surface area contributed by atoms with Gasteiger partial charge in [0.1, 0.15) is 0 Å². The van der Waals surface area contributed by atoms with E-state index in [1.54, 1.807) is 0 Å². The number of aryl methyl sites for hydroxylation is 1. The summed E-state index contributed by atoms with van der Waals surface area (Å²) in [5, 5.41) is 6.30. The van der Waals surface area contributed by atoms with Crippen molar-refractivity contribution < 1.29 is 4.79 Å². The first kappa shape index (κ1) is 15.8. The van der Waals surface area contributed by atoms with Crippen LogP contribution in [-0.4, -0.2) is 23.1 Å². The zero-order valence-electron chi connectivity index (χ0n) is 12.8. The lowest BCUT2D eigenvalue weighted by Gasteiger charge is -2.11. The highest BCUT2D eigenvalue weighted by molar-refractivity contribution is 5.76. The SMILES string of the molecule is CCC(C)NC(=O)CCNCc1cc(C)n(C)c1C. The van der Waals surface area contributed by atoms with Gasteiger partial charge in [-0.3, -0.25) is 4.79 Å². The van der Waals surface area contributed by atoms with E-state index < -0.39 is 0 Å². The average molecular weight is 265 g/mol. The number of hydrogen-bond donors (Lipinski definition) is 2. The van der Waals surface area contributed by atoms with Crippen molar-refractivity contribution in [2.24, 2.45) is 7.05 Å². The van der Waals surface area contributed by atoms with Crippen LogP contribution in [0.1, 0.15) is 43.6 Å². The summed E-state index contributed by atoms with van der Waals surface area (Å²) in [7, 11) is 2.08. The third kappa shape index (κ3) is 4.71. The molecule has 1 heterocycles. The molecule has 19 heavy (non-hydrogen) atoms. The van der Waals surface area contributed by atoms with Gasteiger partial charge in [0, 0.05) is 44.0 Å². The van der Waals surface area contributed by atoms with Crippen LogP contribution in [0.4, 0.5) is 0 Å². The Labute approximate surface area is 116 Å². The Morgan fingerprint density at radius 2 is 2.11 bits per heavy atom. The molecular weight excluding hydrogens is 238 g/mol. The van der Waals surface area contributed by atoms with E-state index in [-0.39, 0.29) is 11.9 Å². The number of amides is 1. The van der Waals surface area contributed by atoms with Crippen LogP contribution in [0, 0.1) is 13.8 Å². The number of rotatable bonds is 7. The van der Waals surface area contributed by atoms with Gasteiger partial charge in [-0.2, -0.15) is 0 Å². The van der Waals surface area contributed by atoms with Crippen molar-refractivity contribution >= 4 is 5.91 Å². The number of nitrogens with one attached hydrogen (secondary N) is 2. The largest absolute Gasteiger partial charge is 0.354 e. The average Bonchev–Trinajstić information content (AvgIpc) is 2.62. The minimum absolute atomic E-state index is 0.128. The van der Waals surface area contributed by atoms with E-state index in [0.717, 1.165) is 19.5 Å². The third-order valence-corrected chi connectivity index (χ3v) is 3.74. The Morgan fingerprint density at radius 1 is 1.42 bits per heavy atom. The first-order valence-electron chi connectivity index (χ1n) is 7.07. The summed E-state index contributed by atoms with van der Waals surface area (Å²) in [6, 6.07) is 2.47. The van der Waals surface area contributed by atoms with E-state index in [1.165, 1.54) is 17.0 Å². The molecular formula is C15H27N3O. The van der Waals surface area contributed by atoms with Gasteiger partial charge in [-0.05, 0) is 38.8 Å². The van der Waals surface area contributed by atoms with Crippen molar-refractivity contribution in [3.8, 4) is 0 Å². The Morgan fingerprint density at radius 3 is 2.63 bits per heavy atom. The lowest BCUT2D eigenvalue weighted by Crippen LogP contribution is -2.33. The summed E-state index contributed by atoms with van der Waals surface area (Å²) in [6.07, 6.45) is 1.51. The molecule has 2 N–H and O–H groups in total. The van der Waals surface area contributed by atoms with Crippen molar-refractivity contribution in [3.63, 3.8) is 0 Å². The molecule has 0 saturated carbocycles. The second-order valence-corrected chi connectivity index (χ2v) is 5.26. The Hall–Kier alpha value is -1.29. The van der Waals surface area contributed by atoms with E-state index >= 15 is 0 Å². The molecule has 1 aromatic rings. The van der Waals surface area contributed by atoms with Gasteiger partial charge in [-0.25, -0.2) is 0 Å². The van der Waals surface area contributed by atoms with E-state index in [9.17, 15) is 4.79 Å². The molecule has 0 aliphatic heterocycles. The standard InChI is InChI=1S/C15H27N3O/c1-6-11(2)17-15(19)7-8-16-10-14-9-12(3)18(5)13(14)4/h9,11,16H,6-8,10H2,1-5H3,(H,17,19). The van der Waals surface area contributed by atoms with E-state index in [1.807, 2.05) is 6.92 Å². The molecule has 4 nitrogen and oxygen atoms in total. The van der Waals surface area contributed by atoms with Crippen LogP contribution in [-0.2, 0) is 18.4 Å². The first-order chi connectivity index (χ1) is 8.95. The van der Waals surface area contributed by atoms with E-state index in [4.69, 9.17) is 0 Å². The van der Waals surface area contributed by atoms with Crippen molar-refractivity contribution in [1.29, 1.82) is 0 Å². The summed E-state index contributed by atoms with van der Waals surface area (Å²) in [6.45, 7) is 9.88. The zero-order chi connectivity index (χ0) is 14.4. The first-order valence-corrected chi connectivity index (χ1v) is 7.07. The summed E-state index contributed by atoms with van der Waals surface area (Å²) in [4.78, 5) is 11.6. The minimum Gasteiger partial charge on any atom is -0.354 e. The van der Waals surface area contributed by atoms with E-state index in [0.29, 0.717) is 6.42 Å². The molecule has 108 valence electrons. The van der Waals surface area contributed by atoms with Crippen LogP contribution < -0.4 is 10.6 Å². The molecule has 1 rings (SSSR count). The van der Waals surface area contributed by atoms with Gasteiger partial charge >= 0.3 is 0 Å². The van der Waals surface area contributed by atoms with Gasteiger partial charge in [0.25, 0.3) is 0 Å². The predicted molar refractivity (Wildman–Crippen MR) is 79.1 cm³/mol. The molecule has 0 bridgehead atoms. The predicted octanol–water partition coefficient (Wildman–Crippen LogP) is 2.04. The highest BCUT2D eigenvalue weighted by Gasteiger charge is 2.07. The molecule has 1 amide bonds. The molecule has 1 aromatic heterocycles. The molecule has 0 spiro atoms. The third-order valence-electron chi connectivity index (χ3n) is 3.74. The normalized spacial score (nSPS) is 12.5. The molecule has 0 saturated heterocycles. The van der Waals surface area contributed by atoms with Gasteiger partial charge in [-0.1, -0.05) is 6.92 Å². The fourth-order valence-electron chi connectivity index (χ4n) is 1.99. The van der Waals surface area contributed by atoms with Gasteiger partial charge in [0.2, 0.25) is 5.91 Å². The zero-order valence-corrected chi connectivity index (χ0v) is 12.8. The maximum Gasteiger partial charge on any atom is 0.221 e. The van der Waals surface area contributed by atoms with Crippen LogP contribution in [0.15, 0.2) is 6.07 Å². The van der Waals surface area contributed by atoms with Gasteiger partial charge in [-0.15, -0.1) is 0 Å². The molecule has 0 fully saturated rings. The number of carbonyl (C=O) groups is 1. The summed E-state index contributed by atoms with van der Waals surface area (Å²) >= 11 is 0. The fourth-order valence-corrected chi connectivity index (χ4v) is 1.99. The highest BCUT2D eigenvalue weighted by Crippen LogP contribution is 2.12. The number of carbonyl (C=O) groups excluding carboxylic acids is 1. The molecule has 0 aliphatic rings.